The molecule has 0 radical (unpaired) electrons. The van der Waals surface area contributed by atoms with Crippen LogP contribution < -0.4 is 4.74 Å². The summed E-state index contributed by atoms with van der Waals surface area (Å²) in [7, 11) is 0. The summed E-state index contributed by atoms with van der Waals surface area (Å²) in [4.78, 5) is 10.6. The van der Waals surface area contributed by atoms with Crippen LogP contribution in [0.3, 0.4) is 0 Å². The van der Waals surface area contributed by atoms with Gasteiger partial charge in [0.1, 0.15) is 12.4 Å². The molecule has 3 aromatic rings. The average Bonchev–Trinajstić information content (AvgIpc) is 2.71. The van der Waals surface area contributed by atoms with Crippen molar-refractivity contribution in [1.82, 2.24) is 0 Å². The zero-order valence-corrected chi connectivity index (χ0v) is 17.2. The normalized spacial score (nSPS) is 11.0. The fraction of sp³-hybridized carbons (Fsp3) is 0.0870. The highest BCUT2D eigenvalue weighted by Gasteiger charge is 2.11. The molecule has 0 saturated heterocycles. The van der Waals surface area contributed by atoms with Crippen LogP contribution in [-0.2, 0) is 6.61 Å². The van der Waals surface area contributed by atoms with Crippen molar-refractivity contribution < 1.29 is 9.66 Å². The highest BCUT2D eigenvalue weighted by Crippen LogP contribution is 2.29. The van der Waals surface area contributed by atoms with Crippen molar-refractivity contribution >= 4 is 33.3 Å². The molecule has 29 heavy (non-hydrogen) atoms. The van der Waals surface area contributed by atoms with Crippen LogP contribution in [0.4, 0.5) is 5.69 Å². The number of rotatable bonds is 6. The molecular formula is C23H17BrN2O3. The Kier molecular flexibility index (Phi) is 6.43. The zero-order valence-electron chi connectivity index (χ0n) is 15.6. The lowest BCUT2D eigenvalue weighted by Crippen LogP contribution is -1.97. The Balaban J connectivity index is 1.94. The Labute approximate surface area is 177 Å². The number of ether oxygens (including phenoxy) is 1. The fourth-order valence-corrected chi connectivity index (χ4v) is 3.23. The summed E-state index contributed by atoms with van der Waals surface area (Å²) in [5.41, 5.74) is 3.63. The van der Waals surface area contributed by atoms with E-state index in [1.807, 2.05) is 43.3 Å². The lowest BCUT2D eigenvalue weighted by molar-refractivity contribution is -0.384. The van der Waals surface area contributed by atoms with Gasteiger partial charge in [-0.25, -0.2) is 0 Å². The van der Waals surface area contributed by atoms with E-state index in [9.17, 15) is 15.4 Å². The molecule has 0 heterocycles. The van der Waals surface area contributed by atoms with Crippen LogP contribution in [0, 0.1) is 28.4 Å². The zero-order chi connectivity index (χ0) is 20.8. The first-order valence-electron chi connectivity index (χ1n) is 8.81. The standard InChI is InChI=1S/C23H17BrN2O3/c1-16-4-2-5-17(10-16)15-29-23-9-8-21(24)12-19(23)11-20(14-25)18-6-3-7-22(13-18)26(27)28/h2-13H,15H2,1H3/b20-11-. The molecule has 0 atom stereocenters. The minimum atomic E-state index is -0.478. The number of nitrogens with zero attached hydrogens (tertiary/aromatic N) is 2. The van der Waals surface area contributed by atoms with E-state index >= 15 is 0 Å². The largest absolute Gasteiger partial charge is 0.488 e. The Bertz CT molecular complexity index is 1130. The van der Waals surface area contributed by atoms with Crippen molar-refractivity contribution in [3.8, 4) is 11.8 Å². The Hall–Kier alpha value is -3.43. The van der Waals surface area contributed by atoms with Crippen molar-refractivity contribution in [2.45, 2.75) is 13.5 Å². The summed E-state index contributed by atoms with van der Waals surface area (Å²) in [6.45, 7) is 2.42. The van der Waals surface area contributed by atoms with E-state index in [1.54, 1.807) is 18.2 Å². The van der Waals surface area contributed by atoms with Gasteiger partial charge in [-0.05, 0) is 42.3 Å². The molecule has 3 aromatic carbocycles. The predicted molar refractivity (Wildman–Crippen MR) is 116 cm³/mol. The summed E-state index contributed by atoms with van der Waals surface area (Å²) in [5, 5.41) is 20.7. The third-order valence-electron chi connectivity index (χ3n) is 4.24. The van der Waals surface area contributed by atoms with Gasteiger partial charge in [0, 0.05) is 22.2 Å². The van der Waals surface area contributed by atoms with Crippen molar-refractivity contribution in [3.05, 3.63) is 104 Å². The number of nitro groups is 1. The van der Waals surface area contributed by atoms with E-state index in [-0.39, 0.29) is 5.69 Å². The van der Waals surface area contributed by atoms with Crippen molar-refractivity contribution in [2.24, 2.45) is 0 Å². The SMILES string of the molecule is Cc1cccc(COc2ccc(Br)cc2/C=C(/C#N)c2cccc([N+](=O)[O-])c2)c1. The van der Waals surface area contributed by atoms with E-state index in [2.05, 4.69) is 28.1 Å². The molecule has 0 spiro atoms. The summed E-state index contributed by atoms with van der Waals surface area (Å²) < 4.78 is 6.83. The molecular weight excluding hydrogens is 432 g/mol. The number of aryl methyl sites for hydroxylation is 1. The van der Waals surface area contributed by atoms with Crippen LogP contribution >= 0.6 is 15.9 Å². The number of nitro benzene ring substituents is 1. The number of nitriles is 1. The number of benzene rings is 3. The second kappa shape index (κ2) is 9.18. The molecule has 6 heteroatoms. The number of allylic oxidation sites excluding steroid dienone is 1. The molecule has 144 valence electrons. The van der Waals surface area contributed by atoms with E-state index in [1.165, 1.54) is 12.1 Å². The molecule has 0 fully saturated rings. The summed E-state index contributed by atoms with van der Waals surface area (Å²) in [5.74, 6) is 0.618. The third kappa shape index (κ3) is 5.31. The molecule has 0 aliphatic heterocycles. The molecule has 0 unspecified atom stereocenters. The maximum atomic E-state index is 11.0. The Morgan fingerprint density at radius 1 is 1.17 bits per heavy atom. The fourth-order valence-electron chi connectivity index (χ4n) is 2.85. The predicted octanol–water partition coefficient (Wildman–Crippen LogP) is 6.31. The van der Waals surface area contributed by atoms with Gasteiger partial charge in [-0.2, -0.15) is 5.26 Å². The maximum Gasteiger partial charge on any atom is 0.270 e. The molecule has 0 N–H and O–H groups in total. The van der Waals surface area contributed by atoms with E-state index in [4.69, 9.17) is 4.74 Å². The number of non-ortho nitro benzene ring substituents is 1. The van der Waals surface area contributed by atoms with Gasteiger partial charge in [0.05, 0.1) is 16.6 Å². The topological polar surface area (TPSA) is 76.2 Å². The lowest BCUT2D eigenvalue weighted by atomic mass is 10.0. The first-order valence-corrected chi connectivity index (χ1v) is 9.60. The van der Waals surface area contributed by atoms with Gasteiger partial charge in [0.25, 0.3) is 5.69 Å². The molecule has 0 bridgehead atoms. The van der Waals surface area contributed by atoms with Gasteiger partial charge in [-0.3, -0.25) is 10.1 Å². The summed E-state index contributed by atoms with van der Waals surface area (Å²) in [6.07, 6.45) is 1.68. The molecule has 0 aliphatic rings. The van der Waals surface area contributed by atoms with Crippen molar-refractivity contribution in [1.29, 1.82) is 5.26 Å². The number of hydrogen-bond acceptors (Lipinski definition) is 4. The van der Waals surface area contributed by atoms with Crippen molar-refractivity contribution in [2.75, 3.05) is 0 Å². The van der Waals surface area contributed by atoms with Gasteiger partial charge in [-0.1, -0.05) is 57.9 Å². The molecule has 0 amide bonds. The second-order valence-electron chi connectivity index (χ2n) is 6.44. The van der Waals surface area contributed by atoms with E-state index in [0.717, 1.165) is 15.6 Å². The minimum Gasteiger partial charge on any atom is -0.488 e. The van der Waals surface area contributed by atoms with Gasteiger partial charge in [0.15, 0.2) is 0 Å². The van der Waals surface area contributed by atoms with Crippen molar-refractivity contribution in [3.63, 3.8) is 0 Å². The van der Waals surface area contributed by atoms with Gasteiger partial charge >= 0.3 is 0 Å². The van der Waals surface area contributed by atoms with Crippen LogP contribution in [0.2, 0.25) is 0 Å². The van der Waals surface area contributed by atoms with Crippen LogP contribution in [0.5, 0.6) is 5.75 Å². The summed E-state index contributed by atoms with van der Waals surface area (Å²) >= 11 is 3.44. The molecule has 0 saturated carbocycles. The maximum absolute atomic E-state index is 11.0. The Morgan fingerprint density at radius 2 is 1.97 bits per heavy atom. The van der Waals surface area contributed by atoms with Gasteiger partial charge in [-0.15, -0.1) is 0 Å². The monoisotopic (exact) mass is 448 g/mol. The first kappa shape index (κ1) is 20.3. The quantitative estimate of drug-likeness (QED) is 0.191. The molecule has 3 rings (SSSR count). The smallest absolute Gasteiger partial charge is 0.270 e. The van der Waals surface area contributed by atoms with Gasteiger partial charge < -0.3 is 4.74 Å². The van der Waals surface area contributed by atoms with Crippen LogP contribution in [-0.4, -0.2) is 4.92 Å². The second-order valence-corrected chi connectivity index (χ2v) is 7.35. The highest BCUT2D eigenvalue weighted by molar-refractivity contribution is 9.10. The lowest BCUT2D eigenvalue weighted by Gasteiger charge is -2.11. The van der Waals surface area contributed by atoms with E-state index in [0.29, 0.717) is 29.1 Å². The number of halogens is 1. The van der Waals surface area contributed by atoms with E-state index < -0.39 is 4.92 Å². The minimum absolute atomic E-state index is 0.0613. The summed E-state index contributed by atoms with van der Waals surface area (Å²) in [6, 6.07) is 21.7. The average molecular weight is 449 g/mol. The molecule has 0 aromatic heterocycles. The van der Waals surface area contributed by atoms with Crippen LogP contribution in [0.25, 0.3) is 11.6 Å². The molecule has 0 aliphatic carbocycles. The number of hydrogen-bond donors (Lipinski definition) is 0. The third-order valence-corrected chi connectivity index (χ3v) is 4.73. The first-order chi connectivity index (χ1) is 14.0. The Morgan fingerprint density at radius 3 is 2.69 bits per heavy atom. The molecule has 5 nitrogen and oxygen atoms in total. The van der Waals surface area contributed by atoms with Crippen LogP contribution in [0.1, 0.15) is 22.3 Å². The van der Waals surface area contributed by atoms with Crippen LogP contribution in [0.15, 0.2) is 71.2 Å². The van der Waals surface area contributed by atoms with Gasteiger partial charge in [0.2, 0.25) is 0 Å². The highest BCUT2D eigenvalue weighted by atomic mass is 79.9.